The third-order valence-electron chi connectivity index (χ3n) is 19.5. The first-order valence-corrected chi connectivity index (χ1v) is 26.9. The Kier molecular flexibility index (Phi) is 17.4. The number of ether oxygens (including phenoxy) is 9. The van der Waals surface area contributed by atoms with Crippen molar-refractivity contribution in [2.45, 2.75) is 233 Å². The van der Waals surface area contributed by atoms with Crippen LogP contribution < -0.4 is 0 Å². The summed E-state index contributed by atoms with van der Waals surface area (Å²) in [6.45, 7) is 8.35. The summed E-state index contributed by atoms with van der Waals surface area (Å²) in [6.07, 6.45) is -22.1. The molecule has 31 atom stereocenters. The predicted octanol–water partition coefficient (Wildman–Crippen LogP) is -3.01. The minimum atomic E-state index is -1.85. The molecular formula is C51H84O23. The van der Waals surface area contributed by atoms with Gasteiger partial charge in [0.2, 0.25) is 0 Å². The van der Waals surface area contributed by atoms with Crippen LogP contribution in [0.2, 0.25) is 0 Å². The maximum atomic E-state index is 12.1. The molecule has 9 rings (SSSR count). The molecule has 5 heterocycles. The van der Waals surface area contributed by atoms with Crippen LogP contribution in [-0.2, 0) is 42.6 Å². The average molecular weight is 1070 g/mol. The Morgan fingerprint density at radius 3 is 1.86 bits per heavy atom. The molecule has 0 aromatic carbocycles. The number of aliphatic hydroxyl groups is 14. The Bertz CT molecular complexity index is 1920. The van der Waals surface area contributed by atoms with Crippen molar-refractivity contribution >= 4 is 0 Å². The highest BCUT2D eigenvalue weighted by Crippen LogP contribution is 2.70. The number of allylic oxidation sites excluding steroid dienone is 1. The van der Waals surface area contributed by atoms with Crippen molar-refractivity contribution in [3.63, 3.8) is 0 Å². The van der Waals surface area contributed by atoms with Gasteiger partial charge in [-0.2, -0.15) is 0 Å². The van der Waals surface area contributed by atoms with E-state index < -0.39 is 155 Å². The first-order valence-electron chi connectivity index (χ1n) is 26.9. The topological polar surface area (TPSA) is 366 Å². The monoisotopic (exact) mass is 1060 g/mol. The minimum absolute atomic E-state index is 0.0705. The van der Waals surface area contributed by atoms with Gasteiger partial charge in [-0.15, -0.1) is 0 Å². The summed E-state index contributed by atoms with van der Waals surface area (Å²) < 4.78 is 54.4. The second-order valence-corrected chi connectivity index (χ2v) is 23.8. The first kappa shape index (κ1) is 57.5. The Hall–Kier alpha value is -1.18. The van der Waals surface area contributed by atoms with Crippen molar-refractivity contribution in [1.82, 2.24) is 0 Å². The molecular weight excluding hydrogens is 981 g/mol. The third kappa shape index (κ3) is 10.2. The lowest BCUT2D eigenvalue weighted by Crippen LogP contribution is -2.67. The van der Waals surface area contributed by atoms with E-state index >= 15 is 0 Å². The molecule has 426 valence electrons. The molecule has 74 heavy (non-hydrogen) atoms. The van der Waals surface area contributed by atoms with Crippen LogP contribution in [0.1, 0.15) is 92.4 Å². The van der Waals surface area contributed by atoms with E-state index in [1.807, 2.05) is 6.92 Å². The molecule has 3 saturated carbocycles. The van der Waals surface area contributed by atoms with Gasteiger partial charge in [0.15, 0.2) is 30.9 Å². The van der Waals surface area contributed by atoms with Crippen LogP contribution in [0.3, 0.4) is 0 Å². The van der Waals surface area contributed by atoms with Crippen molar-refractivity contribution in [3.8, 4) is 0 Å². The van der Waals surface area contributed by atoms with Gasteiger partial charge in [0.1, 0.15) is 91.6 Å². The lowest BCUT2D eigenvalue weighted by molar-refractivity contribution is -0.389. The fourth-order valence-corrected chi connectivity index (χ4v) is 15.0. The zero-order chi connectivity index (χ0) is 53.5. The fourth-order valence-electron chi connectivity index (χ4n) is 15.0. The highest BCUT2D eigenvalue weighted by atomic mass is 16.8. The summed E-state index contributed by atoms with van der Waals surface area (Å²) in [5.41, 5.74) is 1.02. The van der Waals surface area contributed by atoms with E-state index in [9.17, 15) is 71.5 Å². The molecule has 23 heteroatoms. The van der Waals surface area contributed by atoms with Gasteiger partial charge < -0.3 is 114 Å². The Labute approximate surface area is 430 Å². The largest absolute Gasteiger partial charge is 0.394 e. The molecule has 0 spiro atoms. The van der Waals surface area contributed by atoms with E-state index in [0.29, 0.717) is 43.4 Å². The van der Waals surface area contributed by atoms with Gasteiger partial charge in [-0.3, -0.25) is 0 Å². The zero-order valence-electron chi connectivity index (χ0n) is 42.9. The van der Waals surface area contributed by atoms with Gasteiger partial charge in [-0.1, -0.05) is 39.3 Å². The van der Waals surface area contributed by atoms with E-state index in [4.69, 9.17) is 42.6 Å². The van der Waals surface area contributed by atoms with Gasteiger partial charge in [0, 0.05) is 12.3 Å². The molecule has 23 nitrogen and oxygen atoms in total. The highest BCUT2D eigenvalue weighted by Gasteiger charge is 2.68. The second-order valence-electron chi connectivity index (χ2n) is 23.8. The summed E-state index contributed by atoms with van der Waals surface area (Å²) >= 11 is 0. The highest BCUT2D eigenvalue weighted by molar-refractivity contribution is 5.26. The molecule has 5 saturated heterocycles. The Morgan fingerprint density at radius 2 is 1.22 bits per heavy atom. The van der Waals surface area contributed by atoms with Crippen molar-refractivity contribution in [1.29, 1.82) is 0 Å². The molecule has 4 aliphatic carbocycles. The molecule has 9 aliphatic rings. The van der Waals surface area contributed by atoms with Crippen LogP contribution >= 0.6 is 0 Å². The smallest absolute Gasteiger partial charge is 0.187 e. The molecule has 0 aromatic heterocycles. The molecule has 14 N–H and O–H groups in total. The standard InChI is InChI=1S/C51H84O23/c1-20(19-66-45-39(61)37(59)34(56)29(16-52)69-45)8-13-51(65)21(2)32-28(74-51)15-27-25-7-6-23-14-24(9-11-49(23,4)26(25)10-12-50(27,32)5)68-48-44(73-46-40(62)36(58)33(55)22(3)67-46)42(64)43(31(18-54)71-48)72-47-41(63)38(60)35(57)30(17-53)70-47/h6,20-22,24-48,52-65H,7-19H2,1-5H3/t20-,21?,22?,24+,25?,26?,27?,28?,29?,30?,31?,32?,33?,34?,35?,36+,37-,38-,39+,40+,41+,42-,43?,44+,45?,46?,47?,48?,49+,50+,51?/m1/s1. The summed E-state index contributed by atoms with van der Waals surface area (Å²) in [5.74, 6) is -0.310. The maximum Gasteiger partial charge on any atom is 0.187 e. The Balaban J connectivity index is 0.849. The third-order valence-corrected chi connectivity index (χ3v) is 19.5. The first-order chi connectivity index (χ1) is 35.0. The van der Waals surface area contributed by atoms with Crippen LogP contribution in [0.25, 0.3) is 0 Å². The number of hydrogen-bond acceptors (Lipinski definition) is 23. The van der Waals surface area contributed by atoms with Crippen molar-refractivity contribution < 1.29 is 114 Å². The van der Waals surface area contributed by atoms with E-state index in [0.717, 1.165) is 32.1 Å². The zero-order valence-corrected chi connectivity index (χ0v) is 42.9. The van der Waals surface area contributed by atoms with Crippen molar-refractivity contribution in [3.05, 3.63) is 11.6 Å². The number of aliphatic hydroxyl groups excluding tert-OH is 13. The van der Waals surface area contributed by atoms with Crippen molar-refractivity contribution in [2.24, 2.45) is 46.3 Å². The molecule has 0 aromatic rings. The molecule has 0 amide bonds. The van der Waals surface area contributed by atoms with E-state index in [1.165, 1.54) is 12.5 Å². The maximum absolute atomic E-state index is 12.1. The number of hydrogen-bond donors (Lipinski definition) is 14. The number of rotatable bonds is 15. The predicted molar refractivity (Wildman–Crippen MR) is 250 cm³/mol. The summed E-state index contributed by atoms with van der Waals surface area (Å²) in [5, 5.41) is 148. The molecule has 19 unspecified atom stereocenters. The summed E-state index contributed by atoms with van der Waals surface area (Å²) in [7, 11) is 0. The van der Waals surface area contributed by atoms with Gasteiger partial charge >= 0.3 is 0 Å². The lowest BCUT2D eigenvalue weighted by Gasteiger charge is -2.58. The van der Waals surface area contributed by atoms with Crippen LogP contribution in [0.15, 0.2) is 11.6 Å². The lowest BCUT2D eigenvalue weighted by atomic mass is 9.47. The number of fused-ring (bicyclic) bond motifs is 7. The van der Waals surface area contributed by atoms with E-state index in [2.05, 4.69) is 26.8 Å². The SMILES string of the molecule is CC1OC(O[C@@H]2C(O[C@H]3CC[C@@]4(C)C(=CCC5C6CC7OC(O)(CC[C@@H](C)COC8OC(CO)C(O)[C@@H](O)[C@@H]8O)C(C)C7[C@@]6(C)CCC54)C3)OC(CO)C(OC3OC(CO)C(O)[C@@H](O)[C@@H]3O)[C@H]2O)[C@@H](O)[C@@H](O)C1O. The van der Waals surface area contributed by atoms with Gasteiger partial charge in [-0.05, 0) is 98.7 Å². The summed E-state index contributed by atoms with van der Waals surface area (Å²) in [6, 6.07) is 0. The van der Waals surface area contributed by atoms with E-state index in [-0.39, 0.29) is 41.3 Å². The normalized spacial score (nSPS) is 54.9. The fraction of sp³-hybridized carbons (Fsp3) is 0.961. The molecule has 0 radical (unpaired) electrons. The van der Waals surface area contributed by atoms with Crippen LogP contribution in [-0.4, -0.2) is 239 Å². The second kappa shape index (κ2) is 22.4. The minimum Gasteiger partial charge on any atom is -0.394 e. The van der Waals surface area contributed by atoms with E-state index in [1.54, 1.807) is 0 Å². The van der Waals surface area contributed by atoms with Crippen LogP contribution in [0, 0.1) is 46.3 Å². The van der Waals surface area contributed by atoms with Crippen LogP contribution in [0.5, 0.6) is 0 Å². The summed E-state index contributed by atoms with van der Waals surface area (Å²) in [4.78, 5) is 0. The van der Waals surface area contributed by atoms with Gasteiger partial charge in [0.05, 0.1) is 44.7 Å². The van der Waals surface area contributed by atoms with Gasteiger partial charge in [0.25, 0.3) is 0 Å². The molecule has 0 bridgehead atoms. The quantitative estimate of drug-likeness (QED) is 0.0727. The van der Waals surface area contributed by atoms with Crippen molar-refractivity contribution in [2.75, 3.05) is 26.4 Å². The molecule has 8 fully saturated rings. The average Bonchev–Trinajstić information content (AvgIpc) is 3.82. The van der Waals surface area contributed by atoms with Gasteiger partial charge in [-0.25, -0.2) is 0 Å². The Morgan fingerprint density at radius 1 is 0.635 bits per heavy atom. The van der Waals surface area contributed by atoms with Crippen LogP contribution in [0.4, 0.5) is 0 Å². The molecule has 5 aliphatic heterocycles.